The molecule has 1 aromatic rings. The maximum absolute atomic E-state index is 5.66. The van der Waals surface area contributed by atoms with Gasteiger partial charge in [-0.3, -0.25) is 0 Å². The van der Waals surface area contributed by atoms with Crippen molar-refractivity contribution in [2.24, 2.45) is 0 Å². The molecule has 100 valence electrons. The largest absolute Gasteiger partial charge is 0.497 e. The summed E-state index contributed by atoms with van der Waals surface area (Å²) in [5, 5.41) is 0. The van der Waals surface area contributed by atoms with E-state index in [9.17, 15) is 0 Å². The zero-order valence-electron chi connectivity index (χ0n) is 11.6. The summed E-state index contributed by atoms with van der Waals surface area (Å²) in [6.07, 6.45) is 3.79. The SMILES string of the molecule is COc1cccc(C(CC2CCCN2C)OC)c1. The summed E-state index contributed by atoms with van der Waals surface area (Å²) < 4.78 is 10.9. The lowest BCUT2D eigenvalue weighted by Crippen LogP contribution is -2.27. The fraction of sp³-hybridized carbons (Fsp3) is 0.600. The first-order chi connectivity index (χ1) is 8.74. The van der Waals surface area contributed by atoms with Gasteiger partial charge in [0.15, 0.2) is 0 Å². The molecule has 2 rings (SSSR count). The van der Waals surface area contributed by atoms with E-state index in [1.54, 1.807) is 14.2 Å². The van der Waals surface area contributed by atoms with Crippen LogP contribution in [0.1, 0.15) is 30.9 Å². The first-order valence-electron chi connectivity index (χ1n) is 6.61. The Labute approximate surface area is 110 Å². The minimum absolute atomic E-state index is 0.158. The summed E-state index contributed by atoms with van der Waals surface area (Å²) >= 11 is 0. The minimum atomic E-state index is 0.158. The Kier molecular flexibility index (Phi) is 4.61. The van der Waals surface area contributed by atoms with Crippen LogP contribution >= 0.6 is 0 Å². The molecular formula is C15H23NO2. The molecule has 0 saturated carbocycles. The molecule has 1 fully saturated rings. The van der Waals surface area contributed by atoms with Crippen molar-refractivity contribution in [3.05, 3.63) is 29.8 Å². The van der Waals surface area contributed by atoms with E-state index in [0.717, 1.165) is 12.2 Å². The molecule has 3 nitrogen and oxygen atoms in total. The summed E-state index contributed by atoms with van der Waals surface area (Å²) in [6, 6.07) is 8.83. The highest BCUT2D eigenvalue weighted by Gasteiger charge is 2.25. The average Bonchev–Trinajstić information content (AvgIpc) is 2.81. The topological polar surface area (TPSA) is 21.7 Å². The molecule has 2 atom stereocenters. The first kappa shape index (κ1) is 13.4. The van der Waals surface area contributed by atoms with Crippen LogP contribution in [-0.4, -0.2) is 38.8 Å². The summed E-state index contributed by atoms with van der Waals surface area (Å²) in [6.45, 7) is 1.21. The molecule has 0 N–H and O–H groups in total. The van der Waals surface area contributed by atoms with Gasteiger partial charge in [0.2, 0.25) is 0 Å². The number of ether oxygens (including phenoxy) is 2. The van der Waals surface area contributed by atoms with Crippen LogP contribution in [0.25, 0.3) is 0 Å². The van der Waals surface area contributed by atoms with E-state index in [-0.39, 0.29) is 6.10 Å². The van der Waals surface area contributed by atoms with Gasteiger partial charge in [0, 0.05) is 13.2 Å². The predicted octanol–water partition coefficient (Wildman–Crippen LogP) is 2.87. The quantitative estimate of drug-likeness (QED) is 0.801. The lowest BCUT2D eigenvalue weighted by atomic mass is 10.00. The van der Waals surface area contributed by atoms with E-state index >= 15 is 0 Å². The summed E-state index contributed by atoms with van der Waals surface area (Å²) in [5.41, 5.74) is 1.21. The Hall–Kier alpha value is -1.06. The Balaban J connectivity index is 2.07. The molecule has 0 radical (unpaired) electrons. The standard InChI is InChI=1S/C15H23NO2/c1-16-9-5-7-13(16)11-15(18-3)12-6-4-8-14(10-12)17-2/h4,6,8,10,13,15H,5,7,9,11H2,1-3H3. The maximum Gasteiger partial charge on any atom is 0.119 e. The van der Waals surface area contributed by atoms with Crippen molar-refractivity contribution in [1.29, 1.82) is 0 Å². The predicted molar refractivity (Wildman–Crippen MR) is 73.0 cm³/mol. The van der Waals surface area contributed by atoms with Crippen LogP contribution in [0.3, 0.4) is 0 Å². The van der Waals surface area contributed by atoms with Crippen molar-refractivity contribution in [3.63, 3.8) is 0 Å². The van der Waals surface area contributed by atoms with Gasteiger partial charge in [-0.2, -0.15) is 0 Å². The molecule has 1 aliphatic rings. The van der Waals surface area contributed by atoms with E-state index in [0.29, 0.717) is 6.04 Å². The zero-order valence-corrected chi connectivity index (χ0v) is 11.6. The van der Waals surface area contributed by atoms with E-state index in [1.165, 1.54) is 24.9 Å². The van der Waals surface area contributed by atoms with E-state index in [1.807, 2.05) is 12.1 Å². The van der Waals surface area contributed by atoms with E-state index in [4.69, 9.17) is 9.47 Å². The third-order valence-corrected chi connectivity index (χ3v) is 3.91. The minimum Gasteiger partial charge on any atom is -0.497 e. The van der Waals surface area contributed by atoms with E-state index in [2.05, 4.69) is 24.1 Å². The van der Waals surface area contributed by atoms with Crippen molar-refractivity contribution >= 4 is 0 Å². The Morgan fingerprint density at radius 3 is 2.83 bits per heavy atom. The maximum atomic E-state index is 5.66. The lowest BCUT2D eigenvalue weighted by Gasteiger charge is -2.25. The highest BCUT2D eigenvalue weighted by molar-refractivity contribution is 5.30. The van der Waals surface area contributed by atoms with Gasteiger partial charge in [-0.25, -0.2) is 0 Å². The fourth-order valence-electron chi connectivity index (χ4n) is 2.73. The molecule has 0 aromatic heterocycles. The van der Waals surface area contributed by atoms with Crippen molar-refractivity contribution < 1.29 is 9.47 Å². The van der Waals surface area contributed by atoms with Gasteiger partial charge in [-0.15, -0.1) is 0 Å². The highest BCUT2D eigenvalue weighted by atomic mass is 16.5. The summed E-state index contributed by atoms with van der Waals surface area (Å²) in [4.78, 5) is 2.44. The molecule has 0 aliphatic carbocycles. The number of hydrogen-bond donors (Lipinski definition) is 0. The van der Waals surface area contributed by atoms with Gasteiger partial charge in [-0.1, -0.05) is 12.1 Å². The molecule has 1 aliphatic heterocycles. The number of nitrogens with zero attached hydrogens (tertiary/aromatic N) is 1. The first-order valence-corrected chi connectivity index (χ1v) is 6.61. The number of hydrogen-bond acceptors (Lipinski definition) is 3. The molecule has 0 bridgehead atoms. The molecule has 1 aromatic carbocycles. The van der Waals surface area contributed by atoms with Gasteiger partial charge < -0.3 is 14.4 Å². The van der Waals surface area contributed by atoms with Crippen LogP contribution in [0, 0.1) is 0 Å². The number of rotatable bonds is 5. The summed E-state index contributed by atoms with van der Waals surface area (Å²) in [7, 11) is 5.70. The molecule has 18 heavy (non-hydrogen) atoms. The molecule has 3 heteroatoms. The van der Waals surface area contributed by atoms with Crippen LogP contribution < -0.4 is 4.74 Å². The van der Waals surface area contributed by atoms with Gasteiger partial charge in [0.05, 0.1) is 13.2 Å². The monoisotopic (exact) mass is 249 g/mol. The Bertz CT molecular complexity index is 381. The second kappa shape index (κ2) is 6.21. The lowest BCUT2D eigenvalue weighted by molar-refractivity contribution is 0.0737. The molecule has 0 amide bonds. The van der Waals surface area contributed by atoms with Crippen molar-refractivity contribution in [2.75, 3.05) is 27.8 Å². The molecule has 2 unspecified atom stereocenters. The highest BCUT2D eigenvalue weighted by Crippen LogP contribution is 2.30. The van der Waals surface area contributed by atoms with Crippen LogP contribution in [0.4, 0.5) is 0 Å². The molecule has 1 saturated heterocycles. The van der Waals surface area contributed by atoms with Crippen LogP contribution in [0.2, 0.25) is 0 Å². The zero-order chi connectivity index (χ0) is 13.0. The third kappa shape index (κ3) is 3.03. The van der Waals surface area contributed by atoms with Crippen LogP contribution in [0.5, 0.6) is 5.75 Å². The third-order valence-electron chi connectivity index (χ3n) is 3.91. The van der Waals surface area contributed by atoms with Crippen LogP contribution in [-0.2, 0) is 4.74 Å². The van der Waals surface area contributed by atoms with Crippen molar-refractivity contribution in [2.45, 2.75) is 31.4 Å². The average molecular weight is 249 g/mol. The van der Waals surface area contributed by atoms with E-state index < -0.39 is 0 Å². The number of methoxy groups -OCH3 is 2. The second-order valence-electron chi connectivity index (χ2n) is 5.01. The Morgan fingerprint density at radius 1 is 1.39 bits per heavy atom. The second-order valence-corrected chi connectivity index (χ2v) is 5.01. The molecule has 1 heterocycles. The van der Waals surface area contributed by atoms with Gasteiger partial charge in [0.1, 0.15) is 5.75 Å². The van der Waals surface area contributed by atoms with Crippen molar-refractivity contribution in [3.8, 4) is 5.75 Å². The summed E-state index contributed by atoms with van der Waals surface area (Å²) in [5.74, 6) is 0.898. The van der Waals surface area contributed by atoms with Gasteiger partial charge in [0.25, 0.3) is 0 Å². The number of benzene rings is 1. The molecule has 0 spiro atoms. The van der Waals surface area contributed by atoms with Crippen molar-refractivity contribution in [1.82, 2.24) is 4.90 Å². The van der Waals surface area contributed by atoms with Crippen LogP contribution in [0.15, 0.2) is 24.3 Å². The fourth-order valence-corrected chi connectivity index (χ4v) is 2.73. The normalized spacial score (nSPS) is 22.1. The van der Waals surface area contributed by atoms with Gasteiger partial charge >= 0.3 is 0 Å². The Morgan fingerprint density at radius 2 is 2.22 bits per heavy atom. The smallest absolute Gasteiger partial charge is 0.119 e. The number of likely N-dealkylation sites (tertiary alicyclic amines) is 1. The van der Waals surface area contributed by atoms with Gasteiger partial charge in [-0.05, 0) is 50.6 Å². The molecular weight excluding hydrogens is 226 g/mol.